The Balaban J connectivity index is 2.15. The van der Waals surface area contributed by atoms with Gasteiger partial charge in [0.2, 0.25) is 0 Å². The molecule has 0 heterocycles. The van der Waals surface area contributed by atoms with Crippen LogP contribution < -0.4 is 5.73 Å². The zero-order chi connectivity index (χ0) is 11.8. The van der Waals surface area contributed by atoms with Gasteiger partial charge in [0.1, 0.15) is 6.04 Å². The van der Waals surface area contributed by atoms with Crippen molar-refractivity contribution in [2.75, 3.05) is 18.6 Å². The first-order valence-electron chi connectivity index (χ1n) is 5.19. The number of rotatable bonds is 6. The van der Waals surface area contributed by atoms with Gasteiger partial charge in [0.05, 0.1) is 7.11 Å². The number of benzene rings is 1. The van der Waals surface area contributed by atoms with E-state index in [0.717, 1.165) is 12.2 Å². The number of carbonyl (C=O) groups is 1. The summed E-state index contributed by atoms with van der Waals surface area (Å²) in [5.41, 5.74) is 6.92. The topological polar surface area (TPSA) is 52.3 Å². The van der Waals surface area contributed by atoms with Gasteiger partial charge in [-0.25, -0.2) is 0 Å². The fraction of sp³-hybridized carbons (Fsp3) is 0.417. The maximum atomic E-state index is 11.0. The Kier molecular flexibility index (Phi) is 5.96. The Morgan fingerprint density at radius 1 is 1.44 bits per heavy atom. The summed E-state index contributed by atoms with van der Waals surface area (Å²) in [4.78, 5) is 11.0. The summed E-state index contributed by atoms with van der Waals surface area (Å²) < 4.78 is 4.55. The normalized spacial score (nSPS) is 12.1. The van der Waals surface area contributed by atoms with Crippen LogP contribution in [0, 0.1) is 0 Å². The molecule has 0 unspecified atom stereocenters. The Morgan fingerprint density at radius 2 is 2.12 bits per heavy atom. The van der Waals surface area contributed by atoms with Crippen LogP contribution in [0.25, 0.3) is 0 Å². The maximum absolute atomic E-state index is 11.0. The molecule has 0 spiro atoms. The molecule has 0 bridgehead atoms. The molecule has 0 fully saturated rings. The van der Waals surface area contributed by atoms with E-state index < -0.39 is 6.04 Å². The van der Waals surface area contributed by atoms with Gasteiger partial charge in [-0.3, -0.25) is 4.79 Å². The van der Waals surface area contributed by atoms with Crippen LogP contribution in [0.1, 0.15) is 5.56 Å². The van der Waals surface area contributed by atoms with Gasteiger partial charge in [0.25, 0.3) is 0 Å². The van der Waals surface area contributed by atoms with Crippen molar-refractivity contribution in [1.82, 2.24) is 0 Å². The molecule has 88 valence electrons. The van der Waals surface area contributed by atoms with Crippen LogP contribution in [0.15, 0.2) is 30.3 Å². The van der Waals surface area contributed by atoms with E-state index in [4.69, 9.17) is 5.73 Å². The van der Waals surface area contributed by atoms with E-state index in [-0.39, 0.29) is 5.97 Å². The molecule has 2 N–H and O–H groups in total. The zero-order valence-corrected chi connectivity index (χ0v) is 10.2. The monoisotopic (exact) mass is 239 g/mol. The molecule has 0 amide bonds. The van der Waals surface area contributed by atoms with E-state index >= 15 is 0 Å². The molecule has 0 aliphatic rings. The molecule has 0 radical (unpaired) electrons. The third-order valence-electron chi connectivity index (χ3n) is 2.18. The van der Waals surface area contributed by atoms with E-state index in [0.29, 0.717) is 5.75 Å². The van der Waals surface area contributed by atoms with Gasteiger partial charge in [-0.15, -0.1) is 0 Å². The Morgan fingerprint density at radius 3 is 2.75 bits per heavy atom. The van der Waals surface area contributed by atoms with E-state index in [2.05, 4.69) is 16.9 Å². The van der Waals surface area contributed by atoms with Crippen molar-refractivity contribution < 1.29 is 9.53 Å². The number of nitrogens with two attached hydrogens (primary N) is 1. The van der Waals surface area contributed by atoms with Crippen LogP contribution in [0.2, 0.25) is 0 Å². The lowest BCUT2D eigenvalue weighted by molar-refractivity contribution is -0.141. The van der Waals surface area contributed by atoms with Crippen LogP contribution >= 0.6 is 11.8 Å². The number of thioether (sulfide) groups is 1. The second kappa shape index (κ2) is 7.30. The van der Waals surface area contributed by atoms with Crippen molar-refractivity contribution >= 4 is 17.7 Å². The number of carbonyl (C=O) groups excluding carboxylic acids is 1. The van der Waals surface area contributed by atoms with Crippen LogP contribution in [0.4, 0.5) is 0 Å². The second-order valence-corrected chi connectivity index (χ2v) is 4.59. The Bertz CT molecular complexity index is 316. The minimum atomic E-state index is -0.509. The number of methoxy groups -OCH3 is 1. The summed E-state index contributed by atoms with van der Waals surface area (Å²) in [6.45, 7) is 0. The van der Waals surface area contributed by atoms with E-state index in [9.17, 15) is 4.79 Å². The summed E-state index contributed by atoms with van der Waals surface area (Å²) in [7, 11) is 1.36. The maximum Gasteiger partial charge on any atom is 0.323 e. The lowest BCUT2D eigenvalue weighted by Gasteiger charge is -2.08. The molecule has 1 aromatic carbocycles. The summed E-state index contributed by atoms with van der Waals surface area (Å²) in [5, 5.41) is 0. The largest absolute Gasteiger partial charge is 0.468 e. The quantitative estimate of drug-likeness (QED) is 0.603. The minimum Gasteiger partial charge on any atom is -0.468 e. The molecule has 3 nitrogen and oxygen atoms in total. The van der Waals surface area contributed by atoms with Gasteiger partial charge in [-0.1, -0.05) is 30.3 Å². The second-order valence-electron chi connectivity index (χ2n) is 3.44. The average Bonchev–Trinajstić information content (AvgIpc) is 2.34. The first-order chi connectivity index (χ1) is 7.74. The Labute approximate surface area is 100 Å². The summed E-state index contributed by atoms with van der Waals surface area (Å²) in [5.74, 6) is 1.24. The van der Waals surface area contributed by atoms with Gasteiger partial charge in [0.15, 0.2) is 0 Å². The van der Waals surface area contributed by atoms with Gasteiger partial charge < -0.3 is 10.5 Å². The fourth-order valence-corrected chi connectivity index (χ4v) is 2.20. The number of hydrogen-bond acceptors (Lipinski definition) is 4. The molecule has 0 aliphatic carbocycles. The van der Waals surface area contributed by atoms with Crippen molar-refractivity contribution in [1.29, 1.82) is 0 Å². The molecule has 1 atom stereocenters. The lowest BCUT2D eigenvalue weighted by atomic mass is 10.2. The average molecular weight is 239 g/mol. The Hall–Kier alpha value is -1.00. The smallest absolute Gasteiger partial charge is 0.323 e. The molecular weight excluding hydrogens is 222 g/mol. The SMILES string of the molecule is COC(=O)[C@@H](N)CSCCc1ccccc1. The molecule has 16 heavy (non-hydrogen) atoms. The molecule has 4 heteroatoms. The van der Waals surface area contributed by atoms with Crippen LogP contribution in [0.5, 0.6) is 0 Å². The predicted octanol–water partition coefficient (Wildman–Crippen LogP) is 1.46. The highest BCUT2D eigenvalue weighted by Crippen LogP contribution is 2.08. The fourth-order valence-electron chi connectivity index (χ4n) is 1.26. The molecule has 1 rings (SSSR count). The number of hydrogen-bond donors (Lipinski definition) is 1. The van der Waals surface area contributed by atoms with Crippen molar-refractivity contribution in [2.24, 2.45) is 5.73 Å². The van der Waals surface area contributed by atoms with Crippen molar-refractivity contribution in [3.8, 4) is 0 Å². The standard InChI is InChI=1S/C12H17NO2S/c1-15-12(14)11(13)9-16-8-7-10-5-3-2-4-6-10/h2-6,11H,7-9,13H2,1H3/t11-/m0/s1. The highest BCUT2D eigenvalue weighted by Gasteiger charge is 2.12. The van der Waals surface area contributed by atoms with Crippen LogP contribution in [0.3, 0.4) is 0 Å². The molecule has 1 aromatic rings. The highest BCUT2D eigenvalue weighted by molar-refractivity contribution is 7.99. The molecule has 0 aliphatic heterocycles. The van der Waals surface area contributed by atoms with Gasteiger partial charge >= 0.3 is 5.97 Å². The van der Waals surface area contributed by atoms with Crippen molar-refractivity contribution in [3.05, 3.63) is 35.9 Å². The highest BCUT2D eigenvalue weighted by atomic mass is 32.2. The van der Waals surface area contributed by atoms with Crippen LogP contribution in [-0.4, -0.2) is 30.6 Å². The molecule has 0 aromatic heterocycles. The van der Waals surface area contributed by atoms with E-state index in [1.807, 2.05) is 18.2 Å². The van der Waals surface area contributed by atoms with Gasteiger partial charge in [-0.05, 0) is 17.7 Å². The number of esters is 1. The zero-order valence-electron chi connectivity index (χ0n) is 9.39. The van der Waals surface area contributed by atoms with Crippen molar-refractivity contribution in [3.63, 3.8) is 0 Å². The number of aryl methyl sites for hydroxylation is 1. The third-order valence-corrected chi connectivity index (χ3v) is 3.27. The summed E-state index contributed by atoms with van der Waals surface area (Å²) >= 11 is 1.67. The molecular formula is C12H17NO2S. The van der Waals surface area contributed by atoms with E-state index in [1.165, 1.54) is 12.7 Å². The van der Waals surface area contributed by atoms with Crippen molar-refractivity contribution in [2.45, 2.75) is 12.5 Å². The minimum absolute atomic E-state index is 0.341. The van der Waals surface area contributed by atoms with Gasteiger partial charge in [0, 0.05) is 5.75 Å². The number of ether oxygens (including phenoxy) is 1. The molecule has 0 saturated carbocycles. The first kappa shape index (κ1) is 13.1. The summed E-state index contributed by atoms with van der Waals surface area (Å²) in [6.07, 6.45) is 0.999. The molecule has 0 saturated heterocycles. The van der Waals surface area contributed by atoms with Crippen LogP contribution in [-0.2, 0) is 16.0 Å². The first-order valence-corrected chi connectivity index (χ1v) is 6.34. The van der Waals surface area contributed by atoms with Gasteiger partial charge in [-0.2, -0.15) is 11.8 Å². The lowest BCUT2D eigenvalue weighted by Crippen LogP contribution is -2.34. The van der Waals surface area contributed by atoms with E-state index in [1.54, 1.807) is 11.8 Å². The summed E-state index contributed by atoms with van der Waals surface area (Å²) in [6, 6.07) is 9.75. The predicted molar refractivity (Wildman–Crippen MR) is 67.5 cm³/mol. The third kappa shape index (κ3) is 4.68.